The summed E-state index contributed by atoms with van der Waals surface area (Å²) >= 11 is 1.72. The lowest BCUT2D eigenvalue weighted by Crippen LogP contribution is -2.44. The Labute approximate surface area is 112 Å². The van der Waals surface area contributed by atoms with Gasteiger partial charge in [0.25, 0.3) is 0 Å². The highest BCUT2D eigenvalue weighted by Crippen LogP contribution is 2.34. The number of ether oxygens (including phenoxy) is 1. The van der Waals surface area contributed by atoms with Crippen molar-refractivity contribution in [3.63, 3.8) is 0 Å². The minimum Gasteiger partial charge on any atom is -0.383 e. The van der Waals surface area contributed by atoms with Gasteiger partial charge < -0.3 is 15.0 Å². The third kappa shape index (κ3) is 3.03. The van der Waals surface area contributed by atoms with Gasteiger partial charge in [-0.1, -0.05) is 6.07 Å². The van der Waals surface area contributed by atoms with Crippen molar-refractivity contribution >= 4 is 17.4 Å². The predicted octanol–water partition coefficient (Wildman–Crippen LogP) is 2.63. The molecule has 100 valence electrons. The predicted molar refractivity (Wildman–Crippen MR) is 72.9 cm³/mol. The van der Waals surface area contributed by atoms with E-state index in [1.54, 1.807) is 18.4 Å². The molecule has 18 heavy (non-hydrogen) atoms. The average Bonchev–Trinajstić information content (AvgIpc) is 3.00. The van der Waals surface area contributed by atoms with E-state index in [9.17, 15) is 4.79 Å². The lowest BCUT2D eigenvalue weighted by molar-refractivity contribution is 0.157. The van der Waals surface area contributed by atoms with E-state index in [2.05, 4.69) is 16.8 Å². The van der Waals surface area contributed by atoms with E-state index < -0.39 is 0 Å². The van der Waals surface area contributed by atoms with E-state index in [1.807, 2.05) is 17.9 Å². The number of methoxy groups -OCH3 is 1. The Hall–Kier alpha value is -1.07. The highest BCUT2D eigenvalue weighted by molar-refractivity contribution is 7.10. The van der Waals surface area contributed by atoms with Crippen molar-refractivity contribution in [2.24, 2.45) is 0 Å². The van der Waals surface area contributed by atoms with Crippen LogP contribution in [0, 0.1) is 0 Å². The fourth-order valence-corrected chi connectivity index (χ4v) is 3.25. The van der Waals surface area contributed by atoms with Gasteiger partial charge in [-0.15, -0.1) is 11.3 Å². The van der Waals surface area contributed by atoms with Gasteiger partial charge >= 0.3 is 6.03 Å². The number of hydrogen-bond donors (Lipinski definition) is 1. The maximum absolute atomic E-state index is 12.2. The number of nitrogens with one attached hydrogen (secondary N) is 1. The van der Waals surface area contributed by atoms with Crippen LogP contribution >= 0.6 is 11.3 Å². The fraction of sp³-hybridized carbons (Fsp3) is 0.615. The smallest absolute Gasteiger partial charge is 0.318 e. The Bertz CT molecular complexity index is 380. The number of nitrogens with zero attached hydrogens (tertiary/aromatic N) is 1. The lowest BCUT2D eigenvalue weighted by atomic mass is 10.2. The summed E-state index contributed by atoms with van der Waals surface area (Å²) in [6, 6.07) is 4.48. The Balaban J connectivity index is 1.97. The van der Waals surface area contributed by atoms with Crippen LogP contribution in [0.1, 0.15) is 30.7 Å². The van der Waals surface area contributed by atoms with Gasteiger partial charge in [-0.2, -0.15) is 0 Å². The molecule has 1 N–H and O–H groups in total. The molecule has 2 unspecified atom stereocenters. The highest BCUT2D eigenvalue weighted by atomic mass is 32.1. The molecule has 1 aromatic heterocycles. The maximum atomic E-state index is 12.2. The summed E-state index contributed by atoms with van der Waals surface area (Å²) in [6.07, 6.45) is 2.14. The molecule has 2 atom stereocenters. The Morgan fingerprint density at radius 1 is 1.72 bits per heavy atom. The minimum absolute atomic E-state index is 0.0236. The van der Waals surface area contributed by atoms with Crippen molar-refractivity contribution in [1.82, 2.24) is 10.2 Å². The topological polar surface area (TPSA) is 41.6 Å². The SMILES string of the molecule is COCC(C)NC(=O)N1CCCC1c1cccs1. The molecule has 0 aromatic carbocycles. The van der Waals surface area contributed by atoms with Crippen LogP contribution in [0.25, 0.3) is 0 Å². The van der Waals surface area contributed by atoms with Gasteiger partial charge in [-0.05, 0) is 31.2 Å². The summed E-state index contributed by atoms with van der Waals surface area (Å²) < 4.78 is 5.04. The van der Waals surface area contributed by atoms with Gasteiger partial charge in [-0.25, -0.2) is 4.79 Å². The van der Waals surface area contributed by atoms with Crippen LogP contribution < -0.4 is 5.32 Å². The first-order valence-corrected chi connectivity index (χ1v) is 7.20. The molecule has 1 aliphatic rings. The quantitative estimate of drug-likeness (QED) is 0.912. The van der Waals surface area contributed by atoms with Crippen molar-refractivity contribution in [3.8, 4) is 0 Å². The van der Waals surface area contributed by atoms with Crippen LogP contribution in [0.3, 0.4) is 0 Å². The van der Waals surface area contributed by atoms with Gasteiger partial charge in [0.2, 0.25) is 0 Å². The Morgan fingerprint density at radius 3 is 3.22 bits per heavy atom. The third-order valence-electron chi connectivity index (χ3n) is 3.17. The molecule has 1 aromatic rings. The number of urea groups is 1. The molecule has 0 radical (unpaired) electrons. The zero-order chi connectivity index (χ0) is 13.0. The summed E-state index contributed by atoms with van der Waals surface area (Å²) in [7, 11) is 1.65. The van der Waals surface area contributed by atoms with Crippen molar-refractivity contribution < 1.29 is 9.53 Å². The number of likely N-dealkylation sites (tertiary alicyclic amines) is 1. The number of thiophene rings is 1. The molecule has 2 amide bonds. The van der Waals surface area contributed by atoms with Crippen LogP contribution in [0.5, 0.6) is 0 Å². The summed E-state index contributed by atoms with van der Waals surface area (Å²) in [5.74, 6) is 0. The molecule has 0 saturated carbocycles. The molecule has 0 bridgehead atoms. The van der Waals surface area contributed by atoms with Crippen molar-refractivity contribution in [3.05, 3.63) is 22.4 Å². The average molecular weight is 268 g/mol. The number of carbonyl (C=O) groups is 1. The molecule has 4 nitrogen and oxygen atoms in total. The van der Waals surface area contributed by atoms with E-state index in [4.69, 9.17) is 4.74 Å². The summed E-state index contributed by atoms with van der Waals surface area (Å²) in [5.41, 5.74) is 0. The van der Waals surface area contributed by atoms with Gasteiger partial charge in [0.05, 0.1) is 18.7 Å². The molecule has 2 rings (SSSR count). The molecule has 0 spiro atoms. The molecular formula is C13H20N2O2S. The number of amides is 2. The fourth-order valence-electron chi connectivity index (χ4n) is 2.37. The first-order valence-electron chi connectivity index (χ1n) is 6.32. The Morgan fingerprint density at radius 2 is 2.56 bits per heavy atom. The molecule has 0 aliphatic carbocycles. The van der Waals surface area contributed by atoms with Crippen molar-refractivity contribution in [1.29, 1.82) is 0 Å². The second-order valence-corrected chi connectivity index (χ2v) is 5.65. The van der Waals surface area contributed by atoms with Gasteiger partial charge in [0.1, 0.15) is 0 Å². The van der Waals surface area contributed by atoms with Crippen LogP contribution in [0.2, 0.25) is 0 Å². The van der Waals surface area contributed by atoms with Crippen molar-refractivity contribution in [2.75, 3.05) is 20.3 Å². The number of rotatable bonds is 4. The first-order chi connectivity index (χ1) is 8.72. The monoisotopic (exact) mass is 268 g/mol. The largest absolute Gasteiger partial charge is 0.383 e. The molecular weight excluding hydrogens is 248 g/mol. The summed E-state index contributed by atoms with van der Waals surface area (Å²) in [5, 5.41) is 5.05. The molecule has 1 aliphatic heterocycles. The summed E-state index contributed by atoms with van der Waals surface area (Å²) in [4.78, 5) is 15.4. The highest BCUT2D eigenvalue weighted by Gasteiger charge is 2.30. The number of carbonyl (C=O) groups excluding carboxylic acids is 1. The van der Waals surface area contributed by atoms with E-state index in [1.165, 1.54) is 4.88 Å². The van der Waals surface area contributed by atoms with Crippen LogP contribution in [-0.2, 0) is 4.74 Å². The van der Waals surface area contributed by atoms with Crippen LogP contribution in [0.15, 0.2) is 17.5 Å². The van der Waals surface area contributed by atoms with E-state index >= 15 is 0 Å². The normalized spacial score (nSPS) is 21.0. The number of hydrogen-bond acceptors (Lipinski definition) is 3. The summed E-state index contributed by atoms with van der Waals surface area (Å²) in [6.45, 7) is 3.34. The van der Waals surface area contributed by atoms with Gasteiger partial charge in [-0.3, -0.25) is 0 Å². The maximum Gasteiger partial charge on any atom is 0.318 e. The third-order valence-corrected chi connectivity index (χ3v) is 4.15. The standard InChI is InChI=1S/C13H20N2O2S/c1-10(9-17-2)14-13(16)15-7-3-5-11(15)12-6-4-8-18-12/h4,6,8,10-11H,3,5,7,9H2,1-2H3,(H,14,16). The second kappa shape index (κ2) is 6.20. The molecule has 1 saturated heterocycles. The molecule has 5 heteroatoms. The zero-order valence-corrected chi connectivity index (χ0v) is 11.7. The zero-order valence-electron chi connectivity index (χ0n) is 10.9. The van der Waals surface area contributed by atoms with Crippen LogP contribution in [0.4, 0.5) is 4.79 Å². The van der Waals surface area contributed by atoms with Crippen LogP contribution in [-0.4, -0.2) is 37.2 Å². The molecule has 1 fully saturated rings. The van der Waals surface area contributed by atoms with Crippen molar-refractivity contribution in [2.45, 2.75) is 31.8 Å². The first kappa shape index (κ1) is 13.4. The second-order valence-electron chi connectivity index (χ2n) is 4.67. The Kier molecular flexibility index (Phi) is 4.60. The lowest BCUT2D eigenvalue weighted by Gasteiger charge is -2.26. The minimum atomic E-state index is 0.0236. The van der Waals surface area contributed by atoms with E-state index in [0.29, 0.717) is 6.61 Å². The van der Waals surface area contributed by atoms with Gasteiger partial charge in [0.15, 0.2) is 0 Å². The van der Waals surface area contributed by atoms with Gasteiger partial charge in [0, 0.05) is 18.5 Å². The molecule has 2 heterocycles. The van der Waals surface area contributed by atoms with E-state index in [-0.39, 0.29) is 18.1 Å². The van der Waals surface area contributed by atoms with E-state index in [0.717, 1.165) is 19.4 Å².